The Labute approximate surface area is 122 Å². The molecule has 7 heteroatoms. The van der Waals surface area contributed by atoms with Crippen LogP contribution in [0, 0.1) is 18.6 Å². The number of aryl methyl sites for hydroxylation is 1. The summed E-state index contributed by atoms with van der Waals surface area (Å²) in [4.78, 5) is 17.1. The Morgan fingerprint density at radius 3 is 2.71 bits per heavy atom. The normalized spacial score (nSPS) is 11.6. The summed E-state index contributed by atoms with van der Waals surface area (Å²) in [5.41, 5.74) is -0.666. The van der Waals surface area contributed by atoms with Gasteiger partial charge in [0.05, 0.1) is 17.2 Å². The maximum absolute atomic E-state index is 13.5. The van der Waals surface area contributed by atoms with Crippen LogP contribution in [0.1, 0.15) is 11.4 Å². The van der Waals surface area contributed by atoms with Crippen LogP contribution in [-0.4, -0.2) is 15.9 Å². The lowest BCUT2D eigenvalue weighted by molar-refractivity contribution is 0.579. The number of hydrogen-bond acceptors (Lipinski definition) is 4. The second kappa shape index (κ2) is 5.17. The summed E-state index contributed by atoms with van der Waals surface area (Å²) < 4.78 is 28.1. The predicted octanol–water partition coefficient (Wildman–Crippen LogP) is 2.93. The average Bonchev–Trinajstić information content (AvgIpc) is 2.89. The van der Waals surface area contributed by atoms with Crippen molar-refractivity contribution < 1.29 is 8.78 Å². The highest BCUT2D eigenvalue weighted by molar-refractivity contribution is 7.16. The number of rotatable bonds is 2. The highest BCUT2D eigenvalue weighted by Crippen LogP contribution is 2.15. The first-order valence-electron chi connectivity index (χ1n) is 6.03. The van der Waals surface area contributed by atoms with Crippen molar-refractivity contribution in [2.75, 3.05) is 0 Å². The second-order valence-corrected chi connectivity index (χ2v) is 5.19. The number of aromatic nitrogens is 2. The van der Waals surface area contributed by atoms with Crippen LogP contribution in [-0.2, 0) is 0 Å². The highest BCUT2D eigenvalue weighted by Gasteiger charge is 2.09. The maximum atomic E-state index is 13.5. The lowest BCUT2D eigenvalue weighted by Gasteiger charge is -2.03. The van der Waals surface area contributed by atoms with Crippen LogP contribution in [0.15, 0.2) is 39.5 Å². The third-order valence-electron chi connectivity index (χ3n) is 2.94. The van der Waals surface area contributed by atoms with Crippen molar-refractivity contribution in [3.05, 3.63) is 63.0 Å². The molecule has 3 rings (SSSR count). The predicted molar refractivity (Wildman–Crippen MR) is 78.0 cm³/mol. The number of halogens is 2. The molecule has 4 nitrogen and oxygen atoms in total. The molecule has 1 aromatic carbocycles. The van der Waals surface area contributed by atoms with Crippen molar-refractivity contribution in [2.24, 2.45) is 5.10 Å². The molecule has 0 saturated carbocycles. The van der Waals surface area contributed by atoms with Gasteiger partial charge >= 0.3 is 0 Å². The number of benzene rings is 1. The summed E-state index contributed by atoms with van der Waals surface area (Å²) in [5, 5.41) is 6.05. The quantitative estimate of drug-likeness (QED) is 0.683. The van der Waals surface area contributed by atoms with Gasteiger partial charge in [-0.05, 0) is 30.5 Å². The van der Waals surface area contributed by atoms with E-state index in [2.05, 4.69) is 10.1 Å². The molecule has 0 radical (unpaired) electrons. The minimum absolute atomic E-state index is 0.297. The first-order valence-corrected chi connectivity index (χ1v) is 6.91. The number of thiophene rings is 1. The third-order valence-corrected chi connectivity index (χ3v) is 3.75. The summed E-state index contributed by atoms with van der Waals surface area (Å²) in [6.07, 6.45) is 0.985. The van der Waals surface area contributed by atoms with Crippen LogP contribution in [0.2, 0.25) is 0 Å². The molecule has 21 heavy (non-hydrogen) atoms. The molecule has 0 aliphatic heterocycles. The van der Waals surface area contributed by atoms with Crippen molar-refractivity contribution in [3.8, 4) is 0 Å². The fourth-order valence-electron chi connectivity index (χ4n) is 1.89. The van der Waals surface area contributed by atoms with Gasteiger partial charge < -0.3 is 0 Å². The molecule has 0 unspecified atom stereocenters. The van der Waals surface area contributed by atoms with Crippen LogP contribution < -0.4 is 5.56 Å². The number of hydrogen-bond donors (Lipinski definition) is 0. The molecule has 2 aromatic heterocycles. The van der Waals surface area contributed by atoms with Crippen molar-refractivity contribution in [2.45, 2.75) is 6.92 Å². The molecule has 0 aliphatic carbocycles. The lowest BCUT2D eigenvalue weighted by Crippen LogP contribution is -2.20. The van der Waals surface area contributed by atoms with Gasteiger partial charge in [-0.3, -0.25) is 4.79 Å². The zero-order valence-corrected chi connectivity index (χ0v) is 11.7. The van der Waals surface area contributed by atoms with Crippen molar-refractivity contribution >= 4 is 27.8 Å². The van der Waals surface area contributed by atoms with Crippen LogP contribution >= 0.6 is 11.3 Å². The van der Waals surface area contributed by atoms with Gasteiger partial charge in [-0.15, -0.1) is 11.3 Å². The summed E-state index contributed by atoms with van der Waals surface area (Å²) in [7, 11) is 0. The zero-order chi connectivity index (χ0) is 15.0. The van der Waals surface area contributed by atoms with Gasteiger partial charge in [0.2, 0.25) is 0 Å². The summed E-state index contributed by atoms with van der Waals surface area (Å²) in [5.74, 6) is -1.13. The van der Waals surface area contributed by atoms with E-state index in [0.717, 1.165) is 23.0 Å². The van der Waals surface area contributed by atoms with Crippen LogP contribution in [0.5, 0.6) is 0 Å². The highest BCUT2D eigenvalue weighted by atomic mass is 32.1. The van der Waals surface area contributed by atoms with E-state index < -0.39 is 11.6 Å². The zero-order valence-electron chi connectivity index (χ0n) is 10.9. The molecule has 0 N–H and O–H groups in total. The van der Waals surface area contributed by atoms with E-state index in [0.29, 0.717) is 16.0 Å². The Balaban J connectivity index is 2.14. The molecule has 0 amide bonds. The molecule has 2 heterocycles. The fraction of sp³-hybridized carbons (Fsp3) is 0.0714. The summed E-state index contributed by atoms with van der Waals surface area (Å²) in [6.45, 7) is 1.61. The average molecular weight is 305 g/mol. The summed E-state index contributed by atoms with van der Waals surface area (Å²) >= 11 is 1.35. The SMILES string of the molecule is Cc1nc2sccc2c(=O)n1N=Cc1c(F)cccc1F. The number of nitrogens with zero attached hydrogens (tertiary/aromatic N) is 3. The molecule has 0 fully saturated rings. The molecule has 0 atom stereocenters. The Bertz CT molecular complexity index is 894. The van der Waals surface area contributed by atoms with E-state index in [1.165, 1.54) is 17.4 Å². The molecule has 0 aliphatic rings. The first-order chi connectivity index (χ1) is 10.1. The van der Waals surface area contributed by atoms with Crippen molar-refractivity contribution in [1.29, 1.82) is 0 Å². The van der Waals surface area contributed by atoms with E-state index in [9.17, 15) is 13.6 Å². The largest absolute Gasteiger partial charge is 0.282 e. The van der Waals surface area contributed by atoms with Crippen LogP contribution in [0.3, 0.4) is 0 Å². The number of fused-ring (bicyclic) bond motifs is 1. The van der Waals surface area contributed by atoms with E-state index in [1.807, 2.05) is 0 Å². The standard InChI is InChI=1S/C14H9F2N3OS/c1-8-18-13-9(5-6-21-13)14(20)19(8)17-7-10-11(15)3-2-4-12(10)16/h2-7H,1H3. The Kier molecular flexibility index (Phi) is 3.34. The van der Waals surface area contributed by atoms with E-state index >= 15 is 0 Å². The van der Waals surface area contributed by atoms with E-state index in [1.54, 1.807) is 18.4 Å². The monoisotopic (exact) mass is 305 g/mol. The van der Waals surface area contributed by atoms with Crippen LogP contribution in [0.25, 0.3) is 10.2 Å². The molecule has 0 spiro atoms. The van der Waals surface area contributed by atoms with E-state index in [4.69, 9.17) is 0 Å². The molecule has 0 bridgehead atoms. The minimum Gasteiger partial charge on any atom is -0.267 e. The van der Waals surface area contributed by atoms with Gasteiger partial charge in [0.1, 0.15) is 22.3 Å². The lowest BCUT2D eigenvalue weighted by atomic mass is 10.2. The maximum Gasteiger partial charge on any atom is 0.282 e. The molecule has 0 saturated heterocycles. The van der Waals surface area contributed by atoms with Gasteiger partial charge in [0, 0.05) is 0 Å². The van der Waals surface area contributed by atoms with Gasteiger partial charge in [0.25, 0.3) is 5.56 Å². The first kappa shape index (κ1) is 13.6. The second-order valence-electron chi connectivity index (χ2n) is 4.30. The van der Waals surface area contributed by atoms with Crippen molar-refractivity contribution in [1.82, 2.24) is 9.66 Å². The van der Waals surface area contributed by atoms with Gasteiger partial charge in [-0.2, -0.15) is 9.78 Å². The fourth-order valence-corrected chi connectivity index (χ4v) is 2.69. The van der Waals surface area contributed by atoms with Gasteiger partial charge in [-0.25, -0.2) is 13.8 Å². The molecule has 106 valence electrons. The topological polar surface area (TPSA) is 47.2 Å². The van der Waals surface area contributed by atoms with Crippen LogP contribution in [0.4, 0.5) is 8.78 Å². The minimum atomic E-state index is -0.742. The Hall–Kier alpha value is -2.41. The van der Waals surface area contributed by atoms with Crippen molar-refractivity contribution in [3.63, 3.8) is 0 Å². The smallest absolute Gasteiger partial charge is 0.267 e. The van der Waals surface area contributed by atoms with E-state index in [-0.39, 0.29) is 11.1 Å². The Morgan fingerprint density at radius 2 is 2.00 bits per heavy atom. The molecule has 3 aromatic rings. The summed E-state index contributed by atoms with van der Waals surface area (Å²) in [6, 6.07) is 5.16. The third kappa shape index (κ3) is 2.36. The molecular weight excluding hydrogens is 296 g/mol. The molecular formula is C14H9F2N3OS. The van der Waals surface area contributed by atoms with Gasteiger partial charge in [-0.1, -0.05) is 6.07 Å². The van der Waals surface area contributed by atoms with Gasteiger partial charge in [0.15, 0.2) is 0 Å². The Morgan fingerprint density at radius 1 is 1.29 bits per heavy atom.